The molecule has 0 aromatic heterocycles. The molecule has 25 heavy (non-hydrogen) atoms. The van der Waals surface area contributed by atoms with Crippen molar-refractivity contribution in [2.45, 2.75) is 12.5 Å². The number of anilines is 1. The Morgan fingerprint density at radius 1 is 1.12 bits per heavy atom. The molecule has 0 saturated heterocycles. The summed E-state index contributed by atoms with van der Waals surface area (Å²) in [6.45, 7) is 0.279. The molecular weight excluding hydrogens is 342 g/mol. The summed E-state index contributed by atoms with van der Waals surface area (Å²) in [5, 5.41) is 5.47. The number of ether oxygens (including phenoxy) is 2. The smallest absolute Gasteiger partial charge is 0.277 e. The van der Waals surface area contributed by atoms with Gasteiger partial charge in [-0.15, -0.1) is 0 Å². The molecule has 4 N–H and O–H groups in total. The Labute approximate surface area is 147 Å². The summed E-state index contributed by atoms with van der Waals surface area (Å²) >= 11 is 0. The van der Waals surface area contributed by atoms with Crippen LogP contribution >= 0.6 is 0 Å². The van der Waals surface area contributed by atoms with E-state index in [-0.39, 0.29) is 6.54 Å². The van der Waals surface area contributed by atoms with E-state index < -0.39 is 16.3 Å². The van der Waals surface area contributed by atoms with Crippen molar-refractivity contribution in [2.75, 3.05) is 26.5 Å². The van der Waals surface area contributed by atoms with Gasteiger partial charge in [0, 0.05) is 12.2 Å². The summed E-state index contributed by atoms with van der Waals surface area (Å²) < 4.78 is 36.3. The fourth-order valence-corrected chi connectivity index (χ4v) is 4.15. The third kappa shape index (κ3) is 3.28. The first-order valence-electron chi connectivity index (χ1n) is 7.75. The van der Waals surface area contributed by atoms with Gasteiger partial charge in [-0.25, -0.2) is 5.14 Å². The highest BCUT2D eigenvalue weighted by Crippen LogP contribution is 2.41. The number of rotatable bonds is 4. The summed E-state index contributed by atoms with van der Waals surface area (Å²) in [5.41, 5.74) is 9.00. The minimum atomic E-state index is -3.89. The second-order valence-electron chi connectivity index (χ2n) is 5.88. The molecule has 2 aromatic rings. The van der Waals surface area contributed by atoms with Crippen molar-refractivity contribution in [2.24, 2.45) is 5.14 Å². The maximum atomic E-state index is 12.2. The topological polar surface area (TPSA) is 108 Å². The van der Waals surface area contributed by atoms with E-state index in [1.54, 1.807) is 38.5 Å². The Kier molecular flexibility index (Phi) is 4.59. The predicted octanol–water partition coefficient (Wildman–Crippen LogP) is 1.44. The average Bonchev–Trinajstić information content (AvgIpc) is 2.58. The summed E-state index contributed by atoms with van der Waals surface area (Å²) in [4.78, 5) is 0. The zero-order valence-electron chi connectivity index (χ0n) is 14.1. The lowest BCUT2D eigenvalue weighted by atomic mass is 9.89. The molecule has 3 rings (SSSR count). The highest BCUT2D eigenvalue weighted by Gasteiger charge is 2.35. The van der Waals surface area contributed by atoms with Gasteiger partial charge in [0.05, 0.1) is 20.3 Å². The molecule has 0 amide bonds. The van der Waals surface area contributed by atoms with Crippen LogP contribution in [-0.4, -0.2) is 33.5 Å². The Morgan fingerprint density at radius 2 is 1.80 bits per heavy atom. The van der Waals surface area contributed by atoms with E-state index in [0.717, 1.165) is 16.7 Å². The molecule has 1 heterocycles. The zero-order valence-corrected chi connectivity index (χ0v) is 14.9. The van der Waals surface area contributed by atoms with Crippen LogP contribution in [0.3, 0.4) is 0 Å². The lowest BCUT2D eigenvalue weighted by molar-refractivity contribution is 0.332. The monoisotopic (exact) mass is 363 g/mol. The van der Waals surface area contributed by atoms with Gasteiger partial charge in [-0.3, -0.25) is 0 Å². The minimum absolute atomic E-state index is 0.279. The number of nitrogens with zero attached hydrogens (tertiary/aromatic N) is 1. The summed E-state index contributed by atoms with van der Waals surface area (Å²) in [7, 11) is -0.783. The summed E-state index contributed by atoms with van der Waals surface area (Å²) in [5.74, 6) is 1.14. The molecule has 0 spiro atoms. The van der Waals surface area contributed by atoms with Crippen LogP contribution < -0.4 is 20.3 Å². The van der Waals surface area contributed by atoms with E-state index in [4.69, 9.17) is 20.3 Å². The third-order valence-electron chi connectivity index (χ3n) is 4.38. The van der Waals surface area contributed by atoms with Crippen LogP contribution in [0.1, 0.15) is 22.7 Å². The molecule has 1 aliphatic heterocycles. The van der Waals surface area contributed by atoms with Crippen molar-refractivity contribution in [3.63, 3.8) is 0 Å². The maximum absolute atomic E-state index is 12.2. The van der Waals surface area contributed by atoms with Crippen LogP contribution in [0.5, 0.6) is 11.5 Å². The predicted molar refractivity (Wildman–Crippen MR) is 95.8 cm³/mol. The van der Waals surface area contributed by atoms with Gasteiger partial charge in [0.1, 0.15) is 0 Å². The average molecular weight is 363 g/mol. The molecule has 8 heteroatoms. The molecule has 0 aliphatic carbocycles. The first-order valence-corrected chi connectivity index (χ1v) is 9.25. The van der Waals surface area contributed by atoms with E-state index >= 15 is 0 Å². The van der Waals surface area contributed by atoms with E-state index in [9.17, 15) is 8.42 Å². The first kappa shape index (κ1) is 17.5. The van der Waals surface area contributed by atoms with Gasteiger partial charge in [0.15, 0.2) is 11.5 Å². The fourth-order valence-electron chi connectivity index (χ4n) is 3.27. The second-order valence-corrected chi connectivity index (χ2v) is 7.38. The highest BCUT2D eigenvalue weighted by atomic mass is 32.2. The molecule has 0 fully saturated rings. The Hall–Kier alpha value is -2.29. The number of benzene rings is 2. The van der Waals surface area contributed by atoms with Crippen LogP contribution in [0.25, 0.3) is 0 Å². The number of hydrogen-bond acceptors (Lipinski definition) is 5. The van der Waals surface area contributed by atoms with Gasteiger partial charge in [0.2, 0.25) is 0 Å². The minimum Gasteiger partial charge on any atom is -0.493 e. The van der Waals surface area contributed by atoms with Gasteiger partial charge in [-0.05, 0) is 47.4 Å². The van der Waals surface area contributed by atoms with Gasteiger partial charge in [0.25, 0.3) is 10.2 Å². The quantitative estimate of drug-likeness (QED) is 0.799. The van der Waals surface area contributed by atoms with Crippen molar-refractivity contribution in [1.29, 1.82) is 0 Å². The van der Waals surface area contributed by atoms with Crippen molar-refractivity contribution >= 4 is 15.9 Å². The maximum Gasteiger partial charge on any atom is 0.277 e. The summed E-state index contributed by atoms with van der Waals surface area (Å²) in [6.07, 6.45) is 0.533. The number of nitrogen functional groups attached to an aromatic ring is 1. The van der Waals surface area contributed by atoms with E-state index in [0.29, 0.717) is 23.6 Å². The first-order chi connectivity index (χ1) is 11.8. The highest BCUT2D eigenvalue weighted by molar-refractivity contribution is 7.86. The molecule has 0 saturated carbocycles. The number of nitrogens with two attached hydrogens (primary N) is 2. The van der Waals surface area contributed by atoms with E-state index in [1.807, 2.05) is 12.1 Å². The molecule has 0 bridgehead atoms. The Bertz CT molecular complexity index is 899. The van der Waals surface area contributed by atoms with E-state index in [1.165, 1.54) is 4.31 Å². The third-order valence-corrected chi connectivity index (χ3v) is 5.43. The largest absolute Gasteiger partial charge is 0.493 e. The lowest BCUT2D eigenvalue weighted by Crippen LogP contribution is -2.44. The van der Waals surface area contributed by atoms with Gasteiger partial charge in [-0.1, -0.05) is 12.1 Å². The number of hydrogen-bond donors (Lipinski definition) is 2. The molecule has 7 nitrogen and oxygen atoms in total. The number of fused-ring (bicyclic) bond motifs is 1. The van der Waals surface area contributed by atoms with Crippen molar-refractivity contribution in [1.82, 2.24) is 4.31 Å². The van der Waals surface area contributed by atoms with Gasteiger partial charge in [-0.2, -0.15) is 12.7 Å². The zero-order chi connectivity index (χ0) is 18.2. The molecule has 0 radical (unpaired) electrons. The molecule has 1 unspecified atom stereocenters. The SMILES string of the molecule is COc1cc2c(cc1OC)C(c1cccc(N)c1)N(S(N)(=O)=O)CC2. The summed E-state index contributed by atoms with van der Waals surface area (Å²) in [6, 6.07) is 10.3. The van der Waals surface area contributed by atoms with Gasteiger partial charge < -0.3 is 15.2 Å². The molecule has 134 valence electrons. The molecular formula is C17H21N3O4S. The van der Waals surface area contributed by atoms with Crippen LogP contribution in [0, 0.1) is 0 Å². The van der Waals surface area contributed by atoms with Crippen molar-refractivity contribution in [3.05, 3.63) is 53.1 Å². The van der Waals surface area contributed by atoms with Crippen molar-refractivity contribution < 1.29 is 17.9 Å². The standard InChI is InChI=1S/C17H21N3O4S/c1-23-15-9-11-6-7-20(25(19,21)22)17(14(11)10-16(15)24-2)12-4-3-5-13(18)8-12/h3-5,8-10,17H,6-7,18H2,1-2H3,(H2,19,21,22). The molecule has 1 atom stereocenters. The van der Waals surface area contributed by atoms with Crippen LogP contribution in [0.4, 0.5) is 5.69 Å². The lowest BCUT2D eigenvalue weighted by Gasteiger charge is -2.36. The molecule has 2 aromatic carbocycles. The molecule has 1 aliphatic rings. The van der Waals surface area contributed by atoms with Crippen LogP contribution in [-0.2, 0) is 16.6 Å². The van der Waals surface area contributed by atoms with E-state index in [2.05, 4.69) is 0 Å². The second kappa shape index (κ2) is 6.55. The fraction of sp³-hybridized carbons (Fsp3) is 0.294. The van der Waals surface area contributed by atoms with Crippen LogP contribution in [0.2, 0.25) is 0 Å². The van der Waals surface area contributed by atoms with Gasteiger partial charge >= 0.3 is 0 Å². The normalized spacial score (nSPS) is 17.8. The number of methoxy groups -OCH3 is 2. The van der Waals surface area contributed by atoms with Crippen LogP contribution in [0.15, 0.2) is 36.4 Å². The Balaban J connectivity index is 2.23. The van der Waals surface area contributed by atoms with Crippen molar-refractivity contribution in [3.8, 4) is 11.5 Å². The Morgan fingerprint density at radius 3 is 2.40 bits per heavy atom.